The summed E-state index contributed by atoms with van der Waals surface area (Å²) in [5, 5.41) is 4.69. The van der Waals surface area contributed by atoms with E-state index in [4.69, 9.17) is 4.74 Å². The van der Waals surface area contributed by atoms with Gasteiger partial charge in [-0.2, -0.15) is 0 Å². The Bertz CT molecular complexity index is 995. The fourth-order valence-electron chi connectivity index (χ4n) is 2.86. The van der Waals surface area contributed by atoms with Gasteiger partial charge >= 0.3 is 0 Å². The molecule has 6 nitrogen and oxygen atoms in total. The third-order valence-corrected chi connectivity index (χ3v) is 4.13. The van der Waals surface area contributed by atoms with Gasteiger partial charge in [0.25, 0.3) is 11.5 Å². The van der Waals surface area contributed by atoms with E-state index in [1.54, 1.807) is 6.92 Å². The first-order valence-electron chi connectivity index (χ1n) is 8.55. The zero-order valence-corrected chi connectivity index (χ0v) is 14.9. The number of amides is 1. The van der Waals surface area contributed by atoms with Crippen molar-refractivity contribution in [2.75, 3.05) is 13.2 Å². The highest BCUT2D eigenvalue weighted by atomic mass is 16.5. The minimum atomic E-state index is -0.223. The number of nitrogens with one attached hydrogen (secondary N) is 1. The number of hydrogen-bond donors (Lipinski definition) is 1. The molecule has 3 aromatic rings. The first-order chi connectivity index (χ1) is 12.6. The molecule has 1 heterocycles. The fourth-order valence-corrected chi connectivity index (χ4v) is 2.86. The van der Waals surface area contributed by atoms with Crippen LogP contribution in [-0.2, 0) is 6.54 Å². The molecular formula is C20H21N3O3. The molecule has 1 aromatic heterocycles. The fraction of sp³-hybridized carbons (Fsp3) is 0.250. The van der Waals surface area contributed by atoms with Crippen molar-refractivity contribution in [3.05, 3.63) is 70.4 Å². The molecule has 0 aliphatic rings. The number of nitrogens with zero attached hydrogens (tertiary/aromatic N) is 2. The molecule has 0 spiro atoms. The standard InChI is InChI=1S/C20H21N3O3/c1-3-26-17-9-8-15-6-4-5-7-16(15)18(17)19(24)22-10-11-23-13-21-12-14(2)20(23)25/h4-9,12-13H,3,10-11H2,1-2H3,(H,22,24). The van der Waals surface area contributed by atoms with Crippen molar-refractivity contribution in [3.8, 4) is 5.75 Å². The van der Waals surface area contributed by atoms with Crippen LogP contribution in [0.15, 0.2) is 53.7 Å². The first-order valence-corrected chi connectivity index (χ1v) is 8.55. The molecule has 6 heteroatoms. The maximum atomic E-state index is 12.8. The van der Waals surface area contributed by atoms with Crippen molar-refractivity contribution >= 4 is 16.7 Å². The number of ether oxygens (including phenoxy) is 1. The number of aromatic nitrogens is 2. The minimum Gasteiger partial charge on any atom is -0.493 e. The van der Waals surface area contributed by atoms with E-state index in [-0.39, 0.29) is 11.5 Å². The summed E-state index contributed by atoms with van der Waals surface area (Å²) in [4.78, 5) is 28.8. The van der Waals surface area contributed by atoms with Gasteiger partial charge in [-0.3, -0.25) is 14.2 Å². The van der Waals surface area contributed by atoms with Crippen LogP contribution in [0.4, 0.5) is 0 Å². The molecule has 3 rings (SSSR count). The van der Waals surface area contributed by atoms with Crippen molar-refractivity contribution in [3.63, 3.8) is 0 Å². The van der Waals surface area contributed by atoms with E-state index in [0.717, 1.165) is 10.8 Å². The van der Waals surface area contributed by atoms with Gasteiger partial charge in [-0.25, -0.2) is 4.98 Å². The molecule has 0 unspecified atom stereocenters. The van der Waals surface area contributed by atoms with Gasteiger partial charge in [-0.1, -0.05) is 30.3 Å². The quantitative estimate of drug-likeness (QED) is 0.741. The highest BCUT2D eigenvalue weighted by molar-refractivity contribution is 6.09. The lowest BCUT2D eigenvalue weighted by molar-refractivity contribution is 0.0950. The van der Waals surface area contributed by atoms with Crippen LogP contribution >= 0.6 is 0 Å². The third kappa shape index (κ3) is 3.59. The summed E-state index contributed by atoms with van der Waals surface area (Å²) in [6, 6.07) is 11.4. The summed E-state index contributed by atoms with van der Waals surface area (Å²) >= 11 is 0. The molecule has 0 aliphatic heterocycles. The average Bonchev–Trinajstić information content (AvgIpc) is 2.65. The number of carbonyl (C=O) groups excluding carboxylic acids is 1. The zero-order chi connectivity index (χ0) is 18.5. The topological polar surface area (TPSA) is 73.2 Å². The van der Waals surface area contributed by atoms with Crippen LogP contribution in [0.2, 0.25) is 0 Å². The molecule has 26 heavy (non-hydrogen) atoms. The van der Waals surface area contributed by atoms with E-state index in [2.05, 4.69) is 10.3 Å². The van der Waals surface area contributed by atoms with E-state index in [1.807, 2.05) is 43.3 Å². The van der Waals surface area contributed by atoms with E-state index in [9.17, 15) is 9.59 Å². The van der Waals surface area contributed by atoms with Crippen molar-refractivity contribution in [2.45, 2.75) is 20.4 Å². The van der Waals surface area contributed by atoms with Crippen LogP contribution in [0.5, 0.6) is 5.75 Å². The Kier molecular flexibility index (Phi) is 5.31. The zero-order valence-electron chi connectivity index (χ0n) is 14.9. The molecular weight excluding hydrogens is 330 g/mol. The molecule has 1 N–H and O–H groups in total. The lowest BCUT2D eigenvalue weighted by atomic mass is 10.0. The highest BCUT2D eigenvalue weighted by Crippen LogP contribution is 2.28. The van der Waals surface area contributed by atoms with Gasteiger partial charge in [-0.05, 0) is 30.7 Å². The minimum absolute atomic E-state index is 0.102. The Morgan fingerprint density at radius 2 is 2.04 bits per heavy atom. The van der Waals surface area contributed by atoms with E-state index in [1.165, 1.54) is 17.1 Å². The number of carbonyl (C=O) groups is 1. The molecule has 0 radical (unpaired) electrons. The maximum absolute atomic E-state index is 12.8. The van der Waals surface area contributed by atoms with Crippen LogP contribution in [0.3, 0.4) is 0 Å². The number of fused-ring (bicyclic) bond motifs is 1. The molecule has 0 saturated carbocycles. The SMILES string of the molecule is CCOc1ccc2ccccc2c1C(=O)NCCn1cncc(C)c1=O. The molecule has 0 saturated heterocycles. The van der Waals surface area contributed by atoms with Crippen LogP contribution in [0, 0.1) is 6.92 Å². The number of rotatable bonds is 6. The number of aryl methyl sites for hydroxylation is 1. The molecule has 0 aliphatic carbocycles. The van der Waals surface area contributed by atoms with E-state index >= 15 is 0 Å². The van der Waals surface area contributed by atoms with Crippen molar-refractivity contribution < 1.29 is 9.53 Å². The Morgan fingerprint density at radius 1 is 1.23 bits per heavy atom. The van der Waals surface area contributed by atoms with Gasteiger partial charge in [0.15, 0.2) is 0 Å². The van der Waals surface area contributed by atoms with Crippen molar-refractivity contribution in [2.24, 2.45) is 0 Å². The largest absolute Gasteiger partial charge is 0.493 e. The number of benzene rings is 2. The summed E-state index contributed by atoms with van der Waals surface area (Å²) < 4.78 is 7.13. The maximum Gasteiger partial charge on any atom is 0.256 e. The summed E-state index contributed by atoms with van der Waals surface area (Å²) in [6.07, 6.45) is 3.01. The second-order valence-corrected chi connectivity index (χ2v) is 5.92. The van der Waals surface area contributed by atoms with Gasteiger partial charge in [0.05, 0.1) is 18.5 Å². The summed E-state index contributed by atoms with van der Waals surface area (Å²) in [5.41, 5.74) is 0.987. The lowest BCUT2D eigenvalue weighted by Crippen LogP contribution is -2.31. The Balaban J connectivity index is 1.82. The van der Waals surface area contributed by atoms with Crippen LogP contribution < -0.4 is 15.6 Å². The summed E-state index contributed by atoms with van der Waals surface area (Å²) in [7, 11) is 0. The molecule has 134 valence electrons. The van der Waals surface area contributed by atoms with Crippen molar-refractivity contribution in [1.29, 1.82) is 0 Å². The van der Waals surface area contributed by atoms with Crippen LogP contribution in [0.25, 0.3) is 10.8 Å². The van der Waals surface area contributed by atoms with Gasteiger partial charge in [0.1, 0.15) is 5.75 Å². The van der Waals surface area contributed by atoms with E-state index < -0.39 is 0 Å². The molecule has 2 aromatic carbocycles. The summed E-state index contributed by atoms with van der Waals surface area (Å²) in [6.45, 7) is 4.75. The van der Waals surface area contributed by atoms with E-state index in [0.29, 0.717) is 36.6 Å². The van der Waals surface area contributed by atoms with Crippen molar-refractivity contribution in [1.82, 2.24) is 14.9 Å². The summed E-state index contributed by atoms with van der Waals surface area (Å²) in [5.74, 6) is 0.331. The lowest BCUT2D eigenvalue weighted by Gasteiger charge is -2.14. The second kappa shape index (κ2) is 7.82. The predicted octanol–water partition coefficient (Wildman–Crippen LogP) is 2.53. The first kappa shape index (κ1) is 17.7. The molecule has 0 atom stereocenters. The Hall–Kier alpha value is -3.15. The van der Waals surface area contributed by atoms with Gasteiger partial charge in [-0.15, -0.1) is 0 Å². The Morgan fingerprint density at radius 3 is 2.85 bits per heavy atom. The highest BCUT2D eigenvalue weighted by Gasteiger charge is 2.16. The average molecular weight is 351 g/mol. The smallest absolute Gasteiger partial charge is 0.256 e. The van der Waals surface area contributed by atoms with Gasteiger partial charge in [0, 0.05) is 24.8 Å². The molecule has 0 bridgehead atoms. The van der Waals surface area contributed by atoms with Crippen LogP contribution in [0.1, 0.15) is 22.8 Å². The predicted molar refractivity (Wildman–Crippen MR) is 101 cm³/mol. The monoisotopic (exact) mass is 351 g/mol. The third-order valence-electron chi connectivity index (χ3n) is 4.13. The number of hydrogen-bond acceptors (Lipinski definition) is 4. The van der Waals surface area contributed by atoms with Crippen LogP contribution in [-0.4, -0.2) is 28.6 Å². The normalized spacial score (nSPS) is 10.7. The van der Waals surface area contributed by atoms with Gasteiger partial charge in [0.2, 0.25) is 0 Å². The Labute approximate surface area is 151 Å². The molecule has 0 fully saturated rings. The molecule has 1 amide bonds. The second-order valence-electron chi connectivity index (χ2n) is 5.92. The van der Waals surface area contributed by atoms with Gasteiger partial charge < -0.3 is 10.1 Å².